The van der Waals surface area contributed by atoms with Gasteiger partial charge in [-0.2, -0.15) is 0 Å². The first-order chi connectivity index (χ1) is 9.00. The molecule has 0 bridgehead atoms. The average Bonchev–Trinajstić information content (AvgIpc) is 2.38. The van der Waals surface area contributed by atoms with Crippen molar-refractivity contribution >= 4 is 0 Å². The zero-order valence-corrected chi connectivity index (χ0v) is 7.80. The summed E-state index contributed by atoms with van der Waals surface area (Å²) in [6.45, 7) is -0.906. The zero-order chi connectivity index (χ0) is 16.7. The normalized spacial score (nSPS) is 71.5. The van der Waals surface area contributed by atoms with Gasteiger partial charge < -0.3 is 14.2 Å². The highest BCUT2D eigenvalue weighted by atomic mass is 16.7. The Balaban J connectivity index is 2.60. The van der Waals surface area contributed by atoms with E-state index in [9.17, 15) is 0 Å². The Kier molecular flexibility index (Phi) is 0.942. The van der Waals surface area contributed by atoms with Crippen LogP contribution in [0.15, 0.2) is 0 Å². The molecule has 3 nitrogen and oxygen atoms in total. The lowest BCUT2D eigenvalue weighted by Gasteiger charge is -2.26. The number of ether oxygens (including phenoxy) is 3. The third-order valence-electron chi connectivity index (χ3n) is 1.54. The van der Waals surface area contributed by atoms with Crippen LogP contribution in [-0.4, -0.2) is 31.1 Å². The van der Waals surface area contributed by atoms with Crippen molar-refractivity contribution in [2.24, 2.45) is 5.89 Å². The van der Waals surface area contributed by atoms with Gasteiger partial charge in [-0.15, -0.1) is 0 Å². The Labute approximate surface area is 90.6 Å². The van der Waals surface area contributed by atoms with E-state index in [2.05, 4.69) is 4.74 Å². The van der Waals surface area contributed by atoms with Gasteiger partial charge in [0.2, 0.25) is 0 Å². The van der Waals surface area contributed by atoms with Gasteiger partial charge in [0.05, 0.1) is 31.7 Å². The maximum Gasteiger partial charge on any atom is 0.163 e. The van der Waals surface area contributed by atoms with Crippen LogP contribution >= 0.6 is 0 Å². The maximum atomic E-state index is 8.33. The van der Waals surface area contributed by atoms with Crippen LogP contribution in [0.5, 0.6) is 0 Å². The van der Waals surface area contributed by atoms with E-state index in [1.165, 1.54) is 0 Å². The summed E-state index contributed by atoms with van der Waals surface area (Å²) in [5.41, 5.74) is -0.952. The van der Waals surface area contributed by atoms with Gasteiger partial charge in [0.15, 0.2) is 6.27 Å². The summed E-state index contributed by atoms with van der Waals surface area (Å²) in [5.74, 6) is -2.74. The van der Waals surface area contributed by atoms with Gasteiger partial charge in [-0.3, -0.25) is 0 Å². The van der Waals surface area contributed by atoms with E-state index in [1.807, 2.05) is 0 Å². The molecule has 2 heterocycles. The van der Waals surface area contributed by atoms with Crippen molar-refractivity contribution in [2.75, 3.05) is 13.1 Å². The smallest absolute Gasteiger partial charge is 0.163 e. The third-order valence-corrected chi connectivity index (χ3v) is 1.54. The van der Waals surface area contributed by atoms with Gasteiger partial charge in [0.1, 0.15) is 0 Å². The highest BCUT2D eigenvalue weighted by Crippen LogP contribution is 2.34. The van der Waals surface area contributed by atoms with E-state index in [1.54, 1.807) is 20.8 Å². The summed E-state index contributed by atoms with van der Waals surface area (Å²) in [6, 6.07) is 0. The van der Waals surface area contributed by atoms with Crippen molar-refractivity contribution in [1.82, 2.24) is 0 Å². The molecular formula is C10H18O3. The summed E-state index contributed by atoms with van der Waals surface area (Å²) in [4.78, 5) is 0. The molecule has 3 atom stereocenters. The fourth-order valence-corrected chi connectivity index (χ4v) is 1.08. The van der Waals surface area contributed by atoms with Gasteiger partial charge in [-0.1, -0.05) is 0 Å². The molecule has 0 saturated carbocycles. The molecule has 0 N–H and O–H groups in total. The second kappa shape index (κ2) is 3.23. The SMILES string of the molecule is [2H]C1([2H])O[C@@]2([2H])OC([2H])([2H])C([2H])([2H])[C@@]2([2H])[C@H]1OC(C)(C)C. The molecule has 0 aliphatic carbocycles. The standard InChI is InChI=1S/C10H18O3/c1-10(2,3)13-8-6-12-9-7(8)4-5-11-9/h7-9H,4-6H2,1-3H3/t7-,8-,9+/m0/s1/i4D2,5D2,6D2,7D,9D. The summed E-state index contributed by atoms with van der Waals surface area (Å²) < 4.78 is 77.6. The van der Waals surface area contributed by atoms with Crippen LogP contribution in [0.3, 0.4) is 0 Å². The minimum absolute atomic E-state index is 0.952. The molecule has 0 aromatic rings. The summed E-state index contributed by atoms with van der Waals surface area (Å²) in [5, 5.41) is 0. The van der Waals surface area contributed by atoms with E-state index in [0.717, 1.165) is 0 Å². The Morgan fingerprint density at radius 3 is 2.92 bits per heavy atom. The second-order valence-electron chi connectivity index (χ2n) is 3.86. The van der Waals surface area contributed by atoms with Crippen LogP contribution in [0.2, 0.25) is 0 Å². The summed E-state index contributed by atoms with van der Waals surface area (Å²) >= 11 is 0. The zero-order valence-electron chi connectivity index (χ0n) is 15.8. The van der Waals surface area contributed by atoms with Crippen molar-refractivity contribution in [3.63, 3.8) is 0 Å². The minimum atomic E-state index is -3.01. The number of hydrogen-bond donors (Lipinski definition) is 0. The molecule has 0 aromatic carbocycles. The van der Waals surface area contributed by atoms with Crippen molar-refractivity contribution in [3.05, 3.63) is 0 Å². The first kappa shape index (κ1) is 3.80. The first-order valence-electron chi connectivity index (χ1n) is 8.08. The van der Waals surface area contributed by atoms with Gasteiger partial charge in [-0.05, 0) is 27.1 Å². The van der Waals surface area contributed by atoms with E-state index in [-0.39, 0.29) is 0 Å². The van der Waals surface area contributed by atoms with E-state index >= 15 is 0 Å². The lowest BCUT2D eigenvalue weighted by molar-refractivity contribution is -0.0929. The molecule has 0 radical (unpaired) electrons. The van der Waals surface area contributed by atoms with Crippen LogP contribution in [0.25, 0.3) is 0 Å². The predicted octanol–water partition coefficient (Wildman–Crippen LogP) is 1.56. The van der Waals surface area contributed by atoms with Crippen LogP contribution in [0.1, 0.15) is 38.1 Å². The largest absolute Gasteiger partial charge is 0.370 e. The molecule has 2 aliphatic heterocycles. The average molecular weight is 194 g/mol. The molecule has 0 aromatic heterocycles. The highest BCUT2D eigenvalue weighted by Gasteiger charge is 2.43. The fourth-order valence-electron chi connectivity index (χ4n) is 1.08. The molecule has 2 saturated heterocycles. The Morgan fingerprint density at radius 2 is 2.23 bits per heavy atom. The molecule has 0 amide bonds. The van der Waals surface area contributed by atoms with Crippen molar-refractivity contribution in [1.29, 1.82) is 0 Å². The Hall–Kier alpha value is -0.120. The topological polar surface area (TPSA) is 27.7 Å². The molecule has 0 spiro atoms. The molecule has 0 unspecified atom stereocenters. The number of fused-ring (bicyclic) bond motifs is 1. The Bertz CT molecular complexity index is 462. The molecule has 2 rings (SSSR count). The molecular weight excluding hydrogens is 168 g/mol. The van der Waals surface area contributed by atoms with Gasteiger partial charge in [0.25, 0.3) is 0 Å². The molecule has 3 heteroatoms. The minimum Gasteiger partial charge on any atom is -0.370 e. The number of hydrogen-bond acceptors (Lipinski definition) is 3. The molecule has 2 fully saturated rings. The van der Waals surface area contributed by atoms with E-state index in [0.29, 0.717) is 0 Å². The van der Waals surface area contributed by atoms with Crippen molar-refractivity contribution < 1.29 is 25.2 Å². The monoisotopic (exact) mass is 194 g/mol. The van der Waals surface area contributed by atoms with Crippen molar-refractivity contribution in [3.8, 4) is 0 Å². The van der Waals surface area contributed by atoms with Gasteiger partial charge >= 0.3 is 0 Å². The summed E-state index contributed by atoms with van der Waals surface area (Å²) in [6.07, 6.45) is -7.70. The number of rotatable bonds is 1. The van der Waals surface area contributed by atoms with Crippen LogP contribution in [0.4, 0.5) is 0 Å². The summed E-state index contributed by atoms with van der Waals surface area (Å²) in [7, 11) is 0. The second-order valence-corrected chi connectivity index (χ2v) is 3.86. The quantitative estimate of drug-likeness (QED) is 0.634. The lowest BCUT2D eigenvalue weighted by atomic mass is 10.0. The van der Waals surface area contributed by atoms with Crippen LogP contribution in [-0.2, 0) is 14.2 Å². The fraction of sp³-hybridized carbons (Fsp3) is 1.00. The highest BCUT2D eigenvalue weighted by molar-refractivity contribution is 4.85. The third kappa shape index (κ3) is 2.03. The maximum absolute atomic E-state index is 8.33. The first-order valence-corrected chi connectivity index (χ1v) is 4.08. The molecule has 2 aliphatic rings. The van der Waals surface area contributed by atoms with E-state index in [4.69, 9.17) is 20.4 Å². The Morgan fingerprint density at radius 1 is 1.46 bits per heavy atom. The molecule has 76 valence electrons. The van der Waals surface area contributed by atoms with Gasteiger partial charge in [0, 0.05) is 10.0 Å². The van der Waals surface area contributed by atoms with Crippen molar-refractivity contribution in [2.45, 2.75) is 45.1 Å². The molecule has 13 heavy (non-hydrogen) atoms. The van der Waals surface area contributed by atoms with E-state index < -0.39 is 43.4 Å². The lowest BCUT2D eigenvalue weighted by Crippen LogP contribution is -2.32. The van der Waals surface area contributed by atoms with Crippen LogP contribution in [0, 0.1) is 5.89 Å². The predicted molar refractivity (Wildman–Crippen MR) is 48.4 cm³/mol. The van der Waals surface area contributed by atoms with Crippen LogP contribution < -0.4 is 0 Å². The van der Waals surface area contributed by atoms with Gasteiger partial charge in [-0.25, -0.2) is 0 Å².